The van der Waals surface area contributed by atoms with Crippen molar-refractivity contribution in [2.75, 3.05) is 24.5 Å². The summed E-state index contributed by atoms with van der Waals surface area (Å²) in [7, 11) is 0. The van der Waals surface area contributed by atoms with Crippen LogP contribution in [0.5, 0.6) is 0 Å². The maximum Gasteiger partial charge on any atom is 0.250 e. The first kappa shape index (κ1) is 18.3. The van der Waals surface area contributed by atoms with Crippen LogP contribution in [0.25, 0.3) is 21.8 Å². The van der Waals surface area contributed by atoms with Crippen molar-refractivity contribution in [3.8, 4) is 11.8 Å². The van der Waals surface area contributed by atoms with Crippen molar-refractivity contribution in [3.05, 3.63) is 41.7 Å². The summed E-state index contributed by atoms with van der Waals surface area (Å²) in [6.07, 6.45) is 1.98. The molecule has 0 bridgehead atoms. The van der Waals surface area contributed by atoms with E-state index in [1.165, 1.54) is 6.07 Å². The topological polar surface area (TPSA) is 74.2 Å². The van der Waals surface area contributed by atoms with E-state index in [0.717, 1.165) is 35.7 Å². The Hall–Kier alpha value is -3.04. The van der Waals surface area contributed by atoms with E-state index in [2.05, 4.69) is 27.0 Å². The van der Waals surface area contributed by atoms with E-state index in [0.29, 0.717) is 24.3 Å². The van der Waals surface area contributed by atoms with Gasteiger partial charge in [-0.1, -0.05) is 24.1 Å². The number of halogens is 1. The van der Waals surface area contributed by atoms with Crippen molar-refractivity contribution >= 4 is 33.4 Å². The average Bonchev–Trinajstić information content (AvgIpc) is 3.07. The van der Waals surface area contributed by atoms with E-state index < -0.39 is 11.7 Å². The van der Waals surface area contributed by atoms with Crippen LogP contribution in [0.2, 0.25) is 0 Å². The molecule has 5 nitrogen and oxygen atoms in total. The molecule has 1 fully saturated rings. The third-order valence-electron chi connectivity index (χ3n) is 5.37. The van der Waals surface area contributed by atoms with Crippen molar-refractivity contribution in [1.29, 1.82) is 0 Å². The minimum absolute atomic E-state index is 0.178. The maximum atomic E-state index is 15.3. The largest absolute Gasteiger partial charge is 0.367 e. The van der Waals surface area contributed by atoms with Gasteiger partial charge in [-0.2, -0.15) is 0 Å². The van der Waals surface area contributed by atoms with Crippen LogP contribution in [0.1, 0.15) is 30.1 Å². The highest BCUT2D eigenvalue weighted by atomic mass is 19.1. The predicted molar refractivity (Wildman–Crippen MR) is 111 cm³/mol. The number of hydrogen-bond donors (Lipinski definition) is 3. The van der Waals surface area contributed by atoms with Crippen LogP contribution < -0.4 is 16.0 Å². The van der Waals surface area contributed by atoms with Crippen LogP contribution in [-0.4, -0.2) is 36.6 Å². The molecule has 0 saturated carbocycles. The summed E-state index contributed by atoms with van der Waals surface area (Å²) in [5.41, 5.74) is 7.69. The Kier molecular flexibility index (Phi) is 4.93. The average molecular weight is 378 g/mol. The Morgan fingerprint density at radius 3 is 3.04 bits per heavy atom. The summed E-state index contributed by atoms with van der Waals surface area (Å²) in [6.45, 7) is 3.89. The lowest BCUT2D eigenvalue weighted by atomic mass is 10.0. The number of para-hydroxylation sites is 1. The van der Waals surface area contributed by atoms with Gasteiger partial charge in [0.05, 0.1) is 23.3 Å². The van der Waals surface area contributed by atoms with Gasteiger partial charge >= 0.3 is 0 Å². The second-order valence-electron chi connectivity index (χ2n) is 7.13. The van der Waals surface area contributed by atoms with E-state index in [-0.39, 0.29) is 11.6 Å². The molecule has 0 aliphatic carbocycles. The number of anilines is 1. The van der Waals surface area contributed by atoms with Crippen LogP contribution in [-0.2, 0) is 0 Å². The highest BCUT2D eigenvalue weighted by molar-refractivity contribution is 6.19. The summed E-state index contributed by atoms with van der Waals surface area (Å²) in [5.74, 6) is 4.85. The summed E-state index contributed by atoms with van der Waals surface area (Å²) in [4.78, 5) is 17.3. The molecule has 1 saturated heterocycles. The number of aromatic nitrogens is 1. The molecule has 4 rings (SSSR count). The van der Waals surface area contributed by atoms with E-state index in [4.69, 9.17) is 5.73 Å². The molecule has 4 N–H and O–H groups in total. The second kappa shape index (κ2) is 7.53. The van der Waals surface area contributed by atoms with Gasteiger partial charge in [-0.3, -0.25) is 4.79 Å². The number of hydrogen-bond acceptors (Lipinski definition) is 3. The van der Waals surface area contributed by atoms with E-state index in [1.807, 2.05) is 31.2 Å². The molecule has 28 heavy (non-hydrogen) atoms. The molecule has 1 amide bonds. The number of fused-ring (bicyclic) bond motifs is 3. The first-order valence-electron chi connectivity index (χ1n) is 9.50. The van der Waals surface area contributed by atoms with E-state index in [1.54, 1.807) is 0 Å². The number of aromatic amines is 1. The molecule has 1 aromatic heterocycles. The fourth-order valence-electron chi connectivity index (χ4n) is 4.11. The molecule has 1 aliphatic rings. The molecule has 0 spiro atoms. The van der Waals surface area contributed by atoms with Crippen molar-refractivity contribution < 1.29 is 9.18 Å². The minimum atomic E-state index is -0.640. The Morgan fingerprint density at radius 2 is 2.25 bits per heavy atom. The lowest BCUT2D eigenvalue weighted by Crippen LogP contribution is -2.46. The maximum absolute atomic E-state index is 15.3. The molecule has 2 heterocycles. The highest BCUT2D eigenvalue weighted by Gasteiger charge is 2.27. The van der Waals surface area contributed by atoms with Crippen LogP contribution in [0, 0.1) is 17.7 Å². The zero-order chi connectivity index (χ0) is 19.7. The SMILES string of the molecule is CC#CCN[C@@H]1CCCN(c2c(F)cc(C(N)=O)c3[nH]c4ccccc4c23)C1. The Morgan fingerprint density at radius 1 is 1.43 bits per heavy atom. The van der Waals surface area contributed by atoms with Crippen LogP contribution in [0.15, 0.2) is 30.3 Å². The molecule has 144 valence electrons. The van der Waals surface area contributed by atoms with Gasteiger partial charge in [0, 0.05) is 35.4 Å². The number of primary amides is 1. The zero-order valence-corrected chi connectivity index (χ0v) is 15.8. The van der Waals surface area contributed by atoms with Gasteiger partial charge in [-0.15, -0.1) is 5.92 Å². The number of nitrogens with zero attached hydrogens (tertiary/aromatic N) is 1. The molecule has 3 aromatic rings. The van der Waals surface area contributed by atoms with Gasteiger partial charge in [0.2, 0.25) is 0 Å². The quantitative estimate of drug-likeness (QED) is 0.611. The molecular formula is C22H23FN4O. The van der Waals surface area contributed by atoms with Crippen LogP contribution in [0.4, 0.5) is 10.1 Å². The third-order valence-corrected chi connectivity index (χ3v) is 5.37. The number of rotatable bonds is 4. The van der Waals surface area contributed by atoms with Gasteiger partial charge in [0.15, 0.2) is 0 Å². The van der Waals surface area contributed by atoms with E-state index in [9.17, 15) is 4.79 Å². The zero-order valence-electron chi connectivity index (χ0n) is 15.8. The first-order valence-corrected chi connectivity index (χ1v) is 9.50. The number of nitrogens with two attached hydrogens (primary N) is 1. The third kappa shape index (κ3) is 3.19. The number of H-pyrrole nitrogens is 1. The Bertz CT molecular complexity index is 1110. The predicted octanol–water partition coefficient (Wildman–Crippen LogP) is 3.14. The van der Waals surface area contributed by atoms with Crippen molar-refractivity contribution in [3.63, 3.8) is 0 Å². The molecule has 6 heteroatoms. The van der Waals surface area contributed by atoms with Crippen molar-refractivity contribution in [2.45, 2.75) is 25.8 Å². The number of piperidine rings is 1. The van der Waals surface area contributed by atoms with Gasteiger partial charge in [-0.05, 0) is 31.9 Å². The first-order chi connectivity index (χ1) is 13.6. The molecule has 2 aromatic carbocycles. The van der Waals surface area contributed by atoms with Gasteiger partial charge < -0.3 is 20.9 Å². The fraction of sp³-hybridized carbons (Fsp3) is 0.318. The number of carbonyl (C=O) groups excluding carboxylic acids is 1. The van der Waals surface area contributed by atoms with Crippen molar-refractivity contribution in [1.82, 2.24) is 10.3 Å². The molecule has 1 aliphatic heterocycles. The van der Waals surface area contributed by atoms with Gasteiger partial charge in [0.25, 0.3) is 5.91 Å². The summed E-state index contributed by atoms with van der Waals surface area (Å²) >= 11 is 0. The van der Waals surface area contributed by atoms with Gasteiger partial charge in [-0.25, -0.2) is 4.39 Å². The monoisotopic (exact) mass is 378 g/mol. The van der Waals surface area contributed by atoms with Crippen LogP contribution >= 0.6 is 0 Å². The molecule has 1 atom stereocenters. The molecule has 0 radical (unpaired) electrons. The molecular weight excluding hydrogens is 355 g/mol. The summed E-state index contributed by atoms with van der Waals surface area (Å²) < 4.78 is 15.3. The Balaban J connectivity index is 1.84. The molecule has 0 unspecified atom stereocenters. The number of benzene rings is 2. The van der Waals surface area contributed by atoms with E-state index >= 15 is 4.39 Å². The van der Waals surface area contributed by atoms with Gasteiger partial charge in [0.1, 0.15) is 5.82 Å². The fourth-order valence-corrected chi connectivity index (χ4v) is 4.11. The lowest BCUT2D eigenvalue weighted by Gasteiger charge is -2.35. The number of amides is 1. The highest BCUT2D eigenvalue weighted by Crippen LogP contribution is 2.38. The summed E-state index contributed by atoms with van der Waals surface area (Å²) in [6, 6.07) is 9.19. The van der Waals surface area contributed by atoms with Crippen LogP contribution in [0.3, 0.4) is 0 Å². The number of nitrogens with one attached hydrogen (secondary N) is 2. The smallest absolute Gasteiger partial charge is 0.250 e. The van der Waals surface area contributed by atoms with Crippen molar-refractivity contribution in [2.24, 2.45) is 5.73 Å². The normalized spacial score (nSPS) is 16.9. The Labute approximate surface area is 163 Å². The number of carbonyl (C=O) groups is 1. The second-order valence-corrected chi connectivity index (χ2v) is 7.13. The standard InChI is InChI=1S/C22H23FN4O/c1-2-3-10-25-14-7-6-11-27(13-14)21-17(23)12-16(22(24)28)20-19(21)15-8-4-5-9-18(15)26-20/h4-5,8-9,12,14,25-26H,6-7,10-11,13H2,1H3,(H2,24,28)/t14-/m1/s1. The summed E-state index contributed by atoms with van der Waals surface area (Å²) in [5, 5.41) is 5.04. The lowest BCUT2D eigenvalue weighted by molar-refractivity contribution is 0.100. The minimum Gasteiger partial charge on any atom is -0.367 e.